The van der Waals surface area contributed by atoms with Gasteiger partial charge in [-0.25, -0.2) is 9.97 Å². The molecule has 5 nitrogen and oxygen atoms in total. The topological polar surface area (TPSA) is 49.3 Å². The number of carbonyl (C=O) groups excluding carboxylic acids is 1. The summed E-state index contributed by atoms with van der Waals surface area (Å²) in [5.41, 5.74) is 1.68. The molecule has 0 aliphatic carbocycles. The van der Waals surface area contributed by atoms with Crippen molar-refractivity contribution >= 4 is 11.7 Å². The van der Waals surface area contributed by atoms with Crippen LogP contribution in [-0.4, -0.2) is 40.4 Å². The van der Waals surface area contributed by atoms with Crippen LogP contribution in [0.4, 0.5) is 5.82 Å². The second kappa shape index (κ2) is 8.60. The monoisotopic (exact) mass is 338 g/mol. The van der Waals surface area contributed by atoms with E-state index in [9.17, 15) is 4.79 Å². The lowest BCUT2D eigenvalue weighted by atomic mass is 10.2. The number of carbonyl (C=O) groups is 1. The van der Waals surface area contributed by atoms with Crippen molar-refractivity contribution < 1.29 is 4.79 Å². The van der Waals surface area contributed by atoms with E-state index < -0.39 is 0 Å². The summed E-state index contributed by atoms with van der Waals surface area (Å²) >= 11 is 0. The molecule has 2 heterocycles. The molecule has 1 amide bonds. The van der Waals surface area contributed by atoms with Gasteiger partial charge in [-0.2, -0.15) is 0 Å². The highest BCUT2D eigenvalue weighted by Crippen LogP contribution is 2.15. The van der Waals surface area contributed by atoms with Crippen LogP contribution < -0.4 is 4.90 Å². The molecule has 132 valence electrons. The molecular formula is C20H26N4O. The second-order valence-electron chi connectivity index (χ2n) is 6.47. The number of rotatable bonds is 5. The van der Waals surface area contributed by atoms with Crippen molar-refractivity contribution in [2.75, 3.05) is 24.5 Å². The van der Waals surface area contributed by atoms with Crippen LogP contribution in [0.5, 0.6) is 0 Å². The first-order valence-electron chi connectivity index (χ1n) is 9.18. The van der Waals surface area contributed by atoms with Crippen molar-refractivity contribution in [1.29, 1.82) is 0 Å². The summed E-state index contributed by atoms with van der Waals surface area (Å²) in [5, 5.41) is 0. The predicted molar refractivity (Wildman–Crippen MR) is 99.6 cm³/mol. The van der Waals surface area contributed by atoms with E-state index in [4.69, 9.17) is 0 Å². The van der Waals surface area contributed by atoms with Gasteiger partial charge >= 0.3 is 0 Å². The third kappa shape index (κ3) is 4.56. The van der Waals surface area contributed by atoms with E-state index >= 15 is 0 Å². The molecule has 5 heteroatoms. The van der Waals surface area contributed by atoms with Crippen LogP contribution in [-0.2, 0) is 6.54 Å². The first-order chi connectivity index (χ1) is 12.3. The zero-order chi connectivity index (χ0) is 17.5. The van der Waals surface area contributed by atoms with Crippen molar-refractivity contribution in [3.05, 3.63) is 54.0 Å². The maximum atomic E-state index is 12.6. The van der Waals surface area contributed by atoms with Gasteiger partial charge in [-0.3, -0.25) is 4.79 Å². The van der Waals surface area contributed by atoms with Crippen molar-refractivity contribution in [3.8, 4) is 0 Å². The van der Waals surface area contributed by atoms with Gasteiger partial charge < -0.3 is 9.80 Å². The summed E-state index contributed by atoms with van der Waals surface area (Å²) in [6, 6.07) is 10.3. The van der Waals surface area contributed by atoms with Crippen LogP contribution in [0.25, 0.3) is 0 Å². The van der Waals surface area contributed by atoms with Gasteiger partial charge in [0, 0.05) is 26.2 Å². The third-order valence-electron chi connectivity index (χ3n) is 4.67. The highest BCUT2D eigenvalue weighted by molar-refractivity contribution is 5.92. The minimum Gasteiger partial charge on any atom is -0.351 e. The molecule has 0 bridgehead atoms. The average molecular weight is 338 g/mol. The van der Waals surface area contributed by atoms with Crippen LogP contribution in [0.15, 0.2) is 42.7 Å². The number of likely N-dealkylation sites (tertiary alicyclic amines) is 1. The number of amides is 1. The van der Waals surface area contributed by atoms with Crippen molar-refractivity contribution in [2.45, 2.75) is 39.2 Å². The Kier molecular flexibility index (Phi) is 5.99. The summed E-state index contributed by atoms with van der Waals surface area (Å²) in [7, 11) is 0. The van der Waals surface area contributed by atoms with Gasteiger partial charge in [0.25, 0.3) is 5.91 Å². The van der Waals surface area contributed by atoms with Crippen LogP contribution in [0.2, 0.25) is 0 Å². The van der Waals surface area contributed by atoms with Crippen LogP contribution in [0.1, 0.15) is 48.7 Å². The Morgan fingerprint density at radius 1 is 1.04 bits per heavy atom. The minimum atomic E-state index is 0.00654. The molecule has 0 N–H and O–H groups in total. The predicted octanol–water partition coefficient (Wildman–Crippen LogP) is 3.52. The Morgan fingerprint density at radius 2 is 1.76 bits per heavy atom. The Bertz CT molecular complexity index is 664. The van der Waals surface area contributed by atoms with E-state index in [-0.39, 0.29) is 5.91 Å². The standard InChI is InChI=1S/C20H26N4O/c1-2-23(16-17-10-6-5-7-11-17)19-15-21-18(14-22-19)20(25)24-12-8-3-4-9-13-24/h5-7,10-11,14-15H,2-4,8-9,12-13,16H2,1H3. The maximum Gasteiger partial charge on any atom is 0.274 e. The summed E-state index contributed by atoms with van der Waals surface area (Å²) in [5.74, 6) is 0.811. The van der Waals surface area contributed by atoms with Gasteiger partial charge in [0.15, 0.2) is 0 Å². The van der Waals surface area contributed by atoms with Crippen LogP contribution >= 0.6 is 0 Å². The smallest absolute Gasteiger partial charge is 0.274 e. The summed E-state index contributed by atoms with van der Waals surface area (Å²) in [4.78, 5) is 25.6. The molecule has 1 aliphatic heterocycles. The Hall–Kier alpha value is -2.43. The summed E-state index contributed by atoms with van der Waals surface area (Å²) in [6.07, 6.45) is 7.92. The first-order valence-corrected chi connectivity index (χ1v) is 9.18. The Balaban J connectivity index is 1.68. The number of benzene rings is 1. The quantitative estimate of drug-likeness (QED) is 0.837. The first kappa shape index (κ1) is 17.4. The molecule has 1 fully saturated rings. The minimum absolute atomic E-state index is 0.00654. The summed E-state index contributed by atoms with van der Waals surface area (Å²) in [6.45, 7) is 5.38. The molecule has 1 aromatic heterocycles. The number of hydrogen-bond acceptors (Lipinski definition) is 4. The van der Waals surface area contributed by atoms with Gasteiger partial charge in [0.05, 0.1) is 12.4 Å². The lowest BCUT2D eigenvalue weighted by Gasteiger charge is -2.22. The van der Waals surface area contributed by atoms with Gasteiger partial charge in [-0.05, 0) is 25.3 Å². The van der Waals surface area contributed by atoms with Crippen LogP contribution in [0.3, 0.4) is 0 Å². The van der Waals surface area contributed by atoms with Gasteiger partial charge in [-0.15, -0.1) is 0 Å². The van der Waals surface area contributed by atoms with Crippen molar-refractivity contribution in [2.24, 2.45) is 0 Å². The number of aromatic nitrogens is 2. The van der Waals surface area contributed by atoms with Gasteiger partial charge in [-0.1, -0.05) is 43.2 Å². The second-order valence-corrected chi connectivity index (χ2v) is 6.47. The summed E-state index contributed by atoms with van der Waals surface area (Å²) < 4.78 is 0. The number of hydrogen-bond donors (Lipinski definition) is 0. The molecule has 0 unspecified atom stereocenters. The fourth-order valence-corrected chi connectivity index (χ4v) is 3.19. The normalized spacial score (nSPS) is 14.8. The largest absolute Gasteiger partial charge is 0.351 e. The van der Waals surface area contributed by atoms with E-state index in [2.05, 4.69) is 33.9 Å². The zero-order valence-corrected chi connectivity index (χ0v) is 14.9. The maximum absolute atomic E-state index is 12.6. The SMILES string of the molecule is CCN(Cc1ccccc1)c1cnc(C(=O)N2CCCCCC2)cn1. The molecule has 0 radical (unpaired) electrons. The van der Waals surface area contributed by atoms with E-state index in [0.717, 1.165) is 44.8 Å². The fourth-order valence-electron chi connectivity index (χ4n) is 3.19. The van der Waals surface area contributed by atoms with Gasteiger partial charge in [0.1, 0.15) is 11.5 Å². The molecule has 1 aliphatic rings. The molecule has 1 saturated heterocycles. The molecule has 0 saturated carbocycles. The molecule has 2 aromatic rings. The zero-order valence-electron chi connectivity index (χ0n) is 14.9. The highest BCUT2D eigenvalue weighted by Gasteiger charge is 2.19. The molecular weight excluding hydrogens is 312 g/mol. The highest BCUT2D eigenvalue weighted by atomic mass is 16.2. The molecule has 1 aromatic carbocycles. The van der Waals surface area contributed by atoms with Crippen LogP contribution in [0, 0.1) is 0 Å². The molecule has 0 spiro atoms. The molecule has 25 heavy (non-hydrogen) atoms. The van der Waals surface area contributed by atoms with E-state index in [1.807, 2.05) is 23.1 Å². The Labute approximate surface area is 149 Å². The van der Waals surface area contributed by atoms with Crippen molar-refractivity contribution in [3.63, 3.8) is 0 Å². The van der Waals surface area contributed by atoms with E-state index in [1.54, 1.807) is 12.4 Å². The molecule has 0 atom stereocenters. The lowest BCUT2D eigenvalue weighted by molar-refractivity contribution is 0.0755. The number of anilines is 1. The molecule has 3 rings (SSSR count). The van der Waals surface area contributed by atoms with E-state index in [1.165, 1.54) is 18.4 Å². The Morgan fingerprint density at radius 3 is 2.36 bits per heavy atom. The third-order valence-corrected chi connectivity index (χ3v) is 4.67. The van der Waals surface area contributed by atoms with Crippen molar-refractivity contribution in [1.82, 2.24) is 14.9 Å². The average Bonchev–Trinajstić information content (AvgIpc) is 2.96. The fraction of sp³-hybridized carbons (Fsp3) is 0.450. The van der Waals surface area contributed by atoms with Gasteiger partial charge in [0.2, 0.25) is 0 Å². The van der Waals surface area contributed by atoms with E-state index in [0.29, 0.717) is 5.69 Å². The lowest BCUT2D eigenvalue weighted by Crippen LogP contribution is -2.32. The number of nitrogens with zero attached hydrogens (tertiary/aromatic N) is 4.